The van der Waals surface area contributed by atoms with Gasteiger partial charge < -0.3 is 14.2 Å². The summed E-state index contributed by atoms with van der Waals surface area (Å²) in [6.07, 6.45) is 0. The Morgan fingerprint density at radius 3 is 1.54 bits per heavy atom. The fourth-order valence-corrected chi connectivity index (χ4v) is 11.7. The van der Waals surface area contributed by atoms with Crippen molar-refractivity contribution in [2.45, 2.75) is 5.41 Å². The summed E-state index contributed by atoms with van der Waals surface area (Å²) in [5, 5.41) is 2.43. The predicted molar refractivity (Wildman–Crippen MR) is 289 cm³/mol. The minimum atomic E-state index is -0.629. The van der Waals surface area contributed by atoms with E-state index in [0.29, 0.717) is 0 Å². The van der Waals surface area contributed by atoms with Crippen LogP contribution in [0.15, 0.2) is 267 Å². The van der Waals surface area contributed by atoms with Crippen LogP contribution in [0.5, 0.6) is 11.5 Å². The third-order valence-electron chi connectivity index (χ3n) is 14.7. The Bertz CT molecular complexity index is 3940. The molecule has 0 atom stereocenters. The number of anilines is 3. The van der Waals surface area contributed by atoms with E-state index >= 15 is 0 Å². The van der Waals surface area contributed by atoms with Crippen LogP contribution in [0.2, 0.25) is 0 Å². The van der Waals surface area contributed by atoms with E-state index in [1.807, 2.05) is 0 Å². The van der Waals surface area contributed by atoms with Gasteiger partial charge in [0.1, 0.15) is 11.5 Å². The predicted octanol–water partition coefficient (Wildman–Crippen LogP) is 17.7. The van der Waals surface area contributed by atoms with E-state index in [2.05, 4.69) is 276 Å². The number of benzene rings is 11. The Kier molecular flexibility index (Phi) is 9.11. The molecule has 0 bridgehead atoms. The van der Waals surface area contributed by atoms with E-state index in [9.17, 15) is 0 Å². The van der Waals surface area contributed by atoms with Crippen LogP contribution >= 0.6 is 0 Å². The van der Waals surface area contributed by atoms with Crippen molar-refractivity contribution in [1.29, 1.82) is 0 Å². The number of para-hydroxylation sites is 4. The zero-order valence-electron chi connectivity index (χ0n) is 38.2. The molecule has 0 unspecified atom stereocenters. The first-order valence-electron chi connectivity index (χ1n) is 24.1. The molecule has 12 aromatic rings. The molecule has 1 aliphatic carbocycles. The Morgan fingerprint density at radius 2 is 0.829 bits per heavy atom. The van der Waals surface area contributed by atoms with Gasteiger partial charge in [-0.1, -0.05) is 200 Å². The maximum atomic E-state index is 6.76. The molecule has 3 heteroatoms. The highest BCUT2D eigenvalue weighted by molar-refractivity contribution is 6.11. The van der Waals surface area contributed by atoms with Crippen LogP contribution in [-0.2, 0) is 5.41 Å². The average molecular weight is 893 g/mol. The van der Waals surface area contributed by atoms with E-state index in [-0.39, 0.29) is 0 Å². The summed E-state index contributed by atoms with van der Waals surface area (Å²) in [5.41, 5.74) is 20.2. The molecule has 11 aromatic carbocycles. The van der Waals surface area contributed by atoms with Crippen LogP contribution in [0.25, 0.3) is 72.0 Å². The Balaban J connectivity index is 1.07. The first-order valence-corrected chi connectivity index (χ1v) is 24.1. The normalized spacial score (nSPS) is 12.8. The molecule has 2 aliphatic rings. The fourth-order valence-electron chi connectivity index (χ4n) is 11.7. The molecule has 0 amide bonds. The number of aromatic nitrogens is 1. The van der Waals surface area contributed by atoms with Gasteiger partial charge >= 0.3 is 0 Å². The lowest BCUT2D eigenvalue weighted by Crippen LogP contribution is -2.32. The van der Waals surface area contributed by atoms with Crippen LogP contribution < -0.4 is 9.64 Å². The van der Waals surface area contributed by atoms with Gasteiger partial charge in [-0.15, -0.1) is 0 Å². The highest BCUT2D eigenvalue weighted by atomic mass is 16.5. The maximum Gasteiger partial charge on any atom is 0.132 e. The molecule has 70 heavy (non-hydrogen) atoms. The Morgan fingerprint density at radius 1 is 0.314 bits per heavy atom. The summed E-state index contributed by atoms with van der Waals surface area (Å²) in [6, 6.07) is 97.3. The highest BCUT2D eigenvalue weighted by Gasteiger charge is 2.51. The van der Waals surface area contributed by atoms with E-state index in [1.165, 1.54) is 55.2 Å². The number of ether oxygens (including phenoxy) is 1. The number of fused-ring (bicyclic) bond motifs is 12. The topological polar surface area (TPSA) is 17.4 Å². The third kappa shape index (κ3) is 6.01. The number of nitrogens with zero attached hydrogens (tertiary/aromatic N) is 2. The second-order valence-electron chi connectivity index (χ2n) is 18.4. The molecule has 0 saturated heterocycles. The van der Waals surface area contributed by atoms with Crippen LogP contribution in [0.1, 0.15) is 22.3 Å². The molecule has 1 aromatic heterocycles. The van der Waals surface area contributed by atoms with Crippen molar-refractivity contribution in [2.24, 2.45) is 0 Å². The standard InChI is InChI=1S/C67H44N2O/c1-4-20-45(21-5-1)51-26-10-11-27-52(51)47-36-41-63(57(42-47)46-22-6-2-7-23-46)68(50-38-40-56-55-29-13-17-33-62(55)69(64(56)44-50)48-24-8-3-9-25-48)49-37-39-54-53-28-12-14-30-58(53)67(61(54)43-49)59-31-15-18-34-65(59)70-66-35-19-16-32-60(66)67/h1-44H. The summed E-state index contributed by atoms with van der Waals surface area (Å²) in [7, 11) is 0. The molecule has 1 aliphatic heterocycles. The maximum absolute atomic E-state index is 6.76. The molecule has 328 valence electrons. The quantitative estimate of drug-likeness (QED) is 0.159. The monoisotopic (exact) mass is 892 g/mol. The molecule has 14 rings (SSSR count). The summed E-state index contributed by atoms with van der Waals surface area (Å²) in [6.45, 7) is 0. The number of hydrogen-bond donors (Lipinski definition) is 0. The van der Waals surface area contributed by atoms with Gasteiger partial charge in [0.05, 0.1) is 22.1 Å². The van der Waals surface area contributed by atoms with Gasteiger partial charge in [-0.2, -0.15) is 0 Å². The second kappa shape index (κ2) is 16.0. The lowest BCUT2D eigenvalue weighted by molar-refractivity contribution is 0.436. The van der Waals surface area contributed by atoms with Gasteiger partial charge in [0.2, 0.25) is 0 Å². The van der Waals surface area contributed by atoms with Gasteiger partial charge in [-0.05, 0) is 117 Å². The van der Waals surface area contributed by atoms with Gasteiger partial charge in [0, 0.05) is 44.5 Å². The Hall–Kier alpha value is -9.18. The minimum Gasteiger partial charge on any atom is -0.457 e. The van der Waals surface area contributed by atoms with Gasteiger partial charge in [0.25, 0.3) is 0 Å². The number of rotatable bonds is 7. The first kappa shape index (κ1) is 39.9. The molecule has 0 N–H and O–H groups in total. The second-order valence-corrected chi connectivity index (χ2v) is 18.4. The van der Waals surface area contributed by atoms with Crippen molar-refractivity contribution in [1.82, 2.24) is 4.57 Å². The lowest BCUT2D eigenvalue weighted by Gasteiger charge is -2.39. The first-order chi connectivity index (χ1) is 34.7. The molecule has 1 spiro atoms. The Labute approximate surface area is 407 Å². The summed E-state index contributed by atoms with van der Waals surface area (Å²) >= 11 is 0. The van der Waals surface area contributed by atoms with Gasteiger partial charge in [-0.25, -0.2) is 0 Å². The van der Waals surface area contributed by atoms with Crippen LogP contribution in [-0.4, -0.2) is 4.57 Å². The van der Waals surface area contributed by atoms with E-state index in [0.717, 1.165) is 67.6 Å². The van der Waals surface area contributed by atoms with Crippen molar-refractivity contribution >= 4 is 38.9 Å². The van der Waals surface area contributed by atoms with Crippen molar-refractivity contribution in [3.63, 3.8) is 0 Å². The highest BCUT2D eigenvalue weighted by Crippen LogP contribution is 2.63. The summed E-state index contributed by atoms with van der Waals surface area (Å²) in [4.78, 5) is 2.50. The fraction of sp³-hybridized carbons (Fsp3) is 0.0149. The van der Waals surface area contributed by atoms with E-state index in [1.54, 1.807) is 0 Å². The third-order valence-corrected chi connectivity index (χ3v) is 14.7. The molecule has 0 saturated carbocycles. The molecular weight excluding hydrogens is 849 g/mol. The smallest absolute Gasteiger partial charge is 0.132 e. The van der Waals surface area contributed by atoms with Crippen LogP contribution in [0.4, 0.5) is 17.1 Å². The van der Waals surface area contributed by atoms with E-state index in [4.69, 9.17) is 4.74 Å². The van der Waals surface area contributed by atoms with Gasteiger partial charge in [-0.3, -0.25) is 0 Å². The van der Waals surface area contributed by atoms with Gasteiger partial charge in [0.15, 0.2) is 0 Å². The van der Waals surface area contributed by atoms with E-state index < -0.39 is 5.41 Å². The summed E-state index contributed by atoms with van der Waals surface area (Å²) < 4.78 is 9.18. The van der Waals surface area contributed by atoms with Crippen LogP contribution in [0.3, 0.4) is 0 Å². The van der Waals surface area contributed by atoms with Crippen molar-refractivity contribution < 1.29 is 4.74 Å². The lowest BCUT2D eigenvalue weighted by atomic mass is 9.66. The minimum absolute atomic E-state index is 0.629. The average Bonchev–Trinajstić information content (AvgIpc) is 3.92. The van der Waals surface area contributed by atoms with Crippen molar-refractivity contribution in [2.75, 3.05) is 4.90 Å². The number of hydrogen-bond acceptors (Lipinski definition) is 2. The largest absolute Gasteiger partial charge is 0.457 e. The zero-order chi connectivity index (χ0) is 46.2. The molecule has 2 heterocycles. The summed E-state index contributed by atoms with van der Waals surface area (Å²) in [5.74, 6) is 1.76. The molecular formula is C67H44N2O. The van der Waals surface area contributed by atoms with Crippen molar-refractivity contribution in [3.05, 3.63) is 289 Å². The molecule has 0 fully saturated rings. The zero-order valence-corrected chi connectivity index (χ0v) is 38.2. The molecule has 0 radical (unpaired) electrons. The molecule has 3 nitrogen and oxygen atoms in total. The SMILES string of the molecule is c1ccc(-c2ccccc2-c2ccc(N(c3ccc4c(c3)C3(c5ccccc5Oc5ccccc53)c3ccccc3-4)c3ccc4c5ccccc5n(-c5ccccc5)c4c3)c(-c3ccccc3)c2)cc1. The van der Waals surface area contributed by atoms with Crippen LogP contribution in [0, 0.1) is 0 Å². The van der Waals surface area contributed by atoms with Crippen molar-refractivity contribution in [3.8, 4) is 61.7 Å².